The van der Waals surface area contributed by atoms with Gasteiger partial charge in [0.25, 0.3) is 0 Å². The highest BCUT2D eigenvalue weighted by atomic mass is 16.4. The van der Waals surface area contributed by atoms with Crippen LogP contribution in [0.25, 0.3) is 5.57 Å². The first kappa shape index (κ1) is 11.0. The van der Waals surface area contributed by atoms with E-state index in [0.717, 1.165) is 22.5 Å². The molecule has 3 aliphatic rings. The van der Waals surface area contributed by atoms with Crippen LogP contribution in [0.2, 0.25) is 0 Å². The van der Waals surface area contributed by atoms with Gasteiger partial charge in [0.05, 0.1) is 17.4 Å². The van der Waals surface area contributed by atoms with Crippen molar-refractivity contribution in [1.82, 2.24) is 4.90 Å². The second kappa shape index (κ2) is 3.84. The first-order valence-corrected chi connectivity index (χ1v) is 6.29. The zero-order chi connectivity index (χ0) is 13.7. The number of hydrogen-bond acceptors (Lipinski definition) is 3. The van der Waals surface area contributed by atoms with Crippen molar-refractivity contribution in [2.45, 2.75) is 6.04 Å². The summed E-state index contributed by atoms with van der Waals surface area (Å²) in [5.74, 6) is 0. The number of carboxylic acid groups (broad SMARTS) is 1. The van der Waals surface area contributed by atoms with E-state index in [2.05, 4.69) is 9.89 Å². The van der Waals surface area contributed by atoms with E-state index >= 15 is 0 Å². The Bertz CT molecular complexity index is 731. The Balaban J connectivity index is 1.94. The molecule has 0 saturated carbocycles. The minimum absolute atomic E-state index is 0.0275. The van der Waals surface area contributed by atoms with Crippen LogP contribution in [0.15, 0.2) is 53.9 Å². The van der Waals surface area contributed by atoms with Crippen molar-refractivity contribution in [2.75, 3.05) is 4.90 Å². The van der Waals surface area contributed by atoms with Crippen LogP contribution in [0.3, 0.4) is 0 Å². The monoisotopic (exact) mass is 265 g/mol. The second-order valence-corrected chi connectivity index (χ2v) is 4.76. The standard InChI is InChI=1S/C15H11N3O2/c19-15(20)17-8-5-13-11(9-17)10-3-1-4-12-14(10)18(13)7-2-6-16-12/h1-9,13H,(H,19,20). The quantitative estimate of drug-likeness (QED) is 0.784. The first-order chi connectivity index (χ1) is 9.75. The third kappa shape index (κ3) is 1.37. The molecule has 4 rings (SSSR count). The number of nitrogens with zero attached hydrogens (tertiary/aromatic N) is 3. The Morgan fingerprint density at radius 3 is 3.05 bits per heavy atom. The van der Waals surface area contributed by atoms with Gasteiger partial charge in [0.1, 0.15) is 0 Å². The SMILES string of the molecule is O=C(O)N1C=CC2C(=C1)c1cccc3c1N2C=CC=N3. The summed E-state index contributed by atoms with van der Waals surface area (Å²) in [4.78, 5) is 18.8. The number of aliphatic imine (C=N–C) groups is 1. The molecule has 20 heavy (non-hydrogen) atoms. The van der Waals surface area contributed by atoms with Gasteiger partial charge in [-0.1, -0.05) is 12.1 Å². The number of allylic oxidation sites excluding steroid dienone is 1. The predicted molar refractivity (Wildman–Crippen MR) is 77.0 cm³/mol. The van der Waals surface area contributed by atoms with E-state index in [9.17, 15) is 4.79 Å². The van der Waals surface area contributed by atoms with Gasteiger partial charge in [-0.25, -0.2) is 4.79 Å². The molecule has 0 bridgehead atoms. The number of carbonyl (C=O) groups is 1. The zero-order valence-electron chi connectivity index (χ0n) is 10.5. The highest BCUT2D eigenvalue weighted by Gasteiger charge is 2.36. The summed E-state index contributed by atoms with van der Waals surface area (Å²) >= 11 is 0. The number of hydrogen-bond donors (Lipinski definition) is 1. The van der Waals surface area contributed by atoms with Gasteiger partial charge >= 0.3 is 6.09 Å². The molecule has 0 radical (unpaired) electrons. The van der Waals surface area contributed by atoms with Crippen molar-refractivity contribution >= 4 is 29.3 Å². The number of benzene rings is 1. The van der Waals surface area contributed by atoms with Crippen molar-refractivity contribution in [3.8, 4) is 0 Å². The number of rotatable bonds is 0. The molecule has 3 heterocycles. The molecule has 1 unspecified atom stereocenters. The van der Waals surface area contributed by atoms with Gasteiger partial charge in [0, 0.05) is 36.0 Å². The lowest BCUT2D eigenvalue weighted by molar-refractivity contribution is 0.175. The average Bonchev–Trinajstić information content (AvgIpc) is 2.63. The fraction of sp³-hybridized carbons (Fsp3) is 0.0667. The summed E-state index contributed by atoms with van der Waals surface area (Å²) in [5.41, 5.74) is 3.95. The van der Waals surface area contributed by atoms with Crippen LogP contribution in [0.5, 0.6) is 0 Å². The molecular weight excluding hydrogens is 254 g/mol. The Morgan fingerprint density at radius 2 is 2.20 bits per heavy atom. The van der Waals surface area contributed by atoms with Gasteiger partial charge in [-0.15, -0.1) is 0 Å². The maximum absolute atomic E-state index is 11.1. The predicted octanol–water partition coefficient (Wildman–Crippen LogP) is 2.95. The summed E-state index contributed by atoms with van der Waals surface area (Å²) < 4.78 is 0. The topological polar surface area (TPSA) is 56.1 Å². The fourth-order valence-electron chi connectivity index (χ4n) is 2.84. The van der Waals surface area contributed by atoms with Crippen molar-refractivity contribution in [1.29, 1.82) is 0 Å². The first-order valence-electron chi connectivity index (χ1n) is 6.29. The molecule has 5 nitrogen and oxygen atoms in total. The number of amides is 1. The van der Waals surface area contributed by atoms with Gasteiger partial charge in [-0.2, -0.15) is 0 Å². The molecule has 3 aliphatic heterocycles. The van der Waals surface area contributed by atoms with E-state index in [-0.39, 0.29) is 6.04 Å². The van der Waals surface area contributed by atoms with E-state index in [1.54, 1.807) is 18.6 Å². The maximum atomic E-state index is 11.1. The summed E-state index contributed by atoms with van der Waals surface area (Å²) in [6.07, 6.45) is 9.81. The lowest BCUT2D eigenvalue weighted by Crippen LogP contribution is -2.29. The molecule has 0 aliphatic carbocycles. The van der Waals surface area contributed by atoms with Gasteiger partial charge in [0.2, 0.25) is 0 Å². The molecule has 1 aromatic rings. The maximum Gasteiger partial charge on any atom is 0.415 e. The highest BCUT2D eigenvalue weighted by Crippen LogP contribution is 2.48. The Hall–Kier alpha value is -2.82. The molecule has 1 aromatic carbocycles. The molecule has 1 atom stereocenters. The molecule has 0 spiro atoms. The molecule has 0 saturated heterocycles. The summed E-state index contributed by atoms with van der Waals surface area (Å²) in [6, 6.07) is 5.94. The van der Waals surface area contributed by atoms with Gasteiger partial charge < -0.3 is 10.0 Å². The Morgan fingerprint density at radius 1 is 1.30 bits per heavy atom. The van der Waals surface area contributed by atoms with E-state index in [4.69, 9.17) is 5.11 Å². The molecule has 5 heteroatoms. The minimum Gasteiger partial charge on any atom is -0.464 e. The largest absolute Gasteiger partial charge is 0.464 e. The summed E-state index contributed by atoms with van der Waals surface area (Å²) in [6.45, 7) is 0. The van der Waals surface area contributed by atoms with E-state index in [0.29, 0.717) is 0 Å². The number of fused-ring (bicyclic) bond motifs is 3. The third-order valence-corrected chi connectivity index (χ3v) is 3.68. The normalized spacial score (nSPS) is 21.4. The smallest absolute Gasteiger partial charge is 0.415 e. The van der Waals surface area contributed by atoms with Crippen molar-refractivity contribution in [3.05, 3.63) is 54.5 Å². The van der Waals surface area contributed by atoms with Crippen LogP contribution in [-0.2, 0) is 0 Å². The van der Waals surface area contributed by atoms with E-state index in [1.165, 1.54) is 4.90 Å². The summed E-state index contributed by atoms with van der Waals surface area (Å²) in [7, 11) is 0. The van der Waals surface area contributed by atoms with Crippen LogP contribution < -0.4 is 4.90 Å². The van der Waals surface area contributed by atoms with Gasteiger partial charge in [-0.3, -0.25) is 9.89 Å². The second-order valence-electron chi connectivity index (χ2n) is 4.76. The molecular formula is C15H11N3O2. The van der Waals surface area contributed by atoms with Gasteiger partial charge in [0.15, 0.2) is 0 Å². The number of para-hydroxylation sites is 1. The van der Waals surface area contributed by atoms with Crippen LogP contribution in [-0.4, -0.2) is 28.4 Å². The lowest BCUT2D eigenvalue weighted by Gasteiger charge is -2.25. The van der Waals surface area contributed by atoms with Crippen LogP contribution in [0.1, 0.15) is 5.56 Å². The molecule has 98 valence electrons. The van der Waals surface area contributed by atoms with Crippen LogP contribution in [0.4, 0.5) is 16.2 Å². The van der Waals surface area contributed by atoms with Crippen molar-refractivity contribution in [2.24, 2.45) is 4.99 Å². The van der Waals surface area contributed by atoms with E-state index in [1.807, 2.05) is 36.6 Å². The average molecular weight is 265 g/mol. The van der Waals surface area contributed by atoms with Crippen molar-refractivity contribution in [3.63, 3.8) is 0 Å². The Kier molecular flexibility index (Phi) is 2.12. The van der Waals surface area contributed by atoms with Crippen molar-refractivity contribution < 1.29 is 9.90 Å². The zero-order valence-corrected chi connectivity index (χ0v) is 10.5. The molecule has 0 aromatic heterocycles. The number of anilines is 1. The van der Waals surface area contributed by atoms with Crippen LogP contribution in [0, 0.1) is 0 Å². The molecule has 0 fully saturated rings. The van der Waals surface area contributed by atoms with E-state index < -0.39 is 6.09 Å². The molecule has 1 N–H and O–H groups in total. The third-order valence-electron chi connectivity index (χ3n) is 3.68. The van der Waals surface area contributed by atoms with Crippen LogP contribution >= 0.6 is 0 Å². The Labute approximate surface area is 115 Å². The lowest BCUT2D eigenvalue weighted by atomic mass is 10.0. The van der Waals surface area contributed by atoms with Gasteiger partial charge in [-0.05, 0) is 18.2 Å². The minimum atomic E-state index is -0.982. The highest BCUT2D eigenvalue weighted by molar-refractivity contribution is 5.98. The molecule has 1 amide bonds. The summed E-state index contributed by atoms with van der Waals surface area (Å²) in [5, 5.41) is 9.12. The fourth-order valence-corrected chi connectivity index (χ4v) is 2.84.